The first-order chi connectivity index (χ1) is 16.9. The van der Waals surface area contributed by atoms with Crippen molar-refractivity contribution in [2.45, 2.75) is 36.1 Å². The molecule has 0 radical (unpaired) electrons. The van der Waals surface area contributed by atoms with Gasteiger partial charge in [-0.2, -0.15) is 4.31 Å². The van der Waals surface area contributed by atoms with E-state index >= 15 is 0 Å². The zero-order chi connectivity index (χ0) is 25.0. The van der Waals surface area contributed by atoms with E-state index in [2.05, 4.69) is 0 Å². The molecule has 2 heterocycles. The van der Waals surface area contributed by atoms with Crippen LogP contribution < -0.4 is 15.0 Å². The number of hydroxylamine groups is 1. The lowest BCUT2D eigenvalue weighted by atomic mass is 9.86. The second kappa shape index (κ2) is 10.8. The highest BCUT2D eigenvalue weighted by molar-refractivity contribution is 7.89. The molecule has 1 amide bonds. The number of fused-ring (bicyclic) bond motifs is 1. The van der Waals surface area contributed by atoms with E-state index in [1.807, 2.05) is 35.7 Å². The Morgan fingerprint density at radius 1 is 1.11 bits per heavy atom. The lowest BCUT2D eigenvalue weighted by molar-refractivity contribution is -0.134. The summed E-state index contributed by atoms with van der Waals surface area (Å²) in [6.45, 7) is 0.121. The predicted molar refractivity (Wildman–Crippen MR) is 133 cm³/mol. The quantitative estimate of drug-likeness (QED) is 0.350. The fourth-order valence-corrected chi connectivity index (χ4v) is 7.17. The van der Waals surface area contributed by atoms with E-state index in [1.54, 1.807) is 36.1 Å². The van der Waals surface area contributed by atoms with Gasteiger partial charge in [0, 0.05) is 17.3 Å². The van der Waals surface area contributed by atoms with Crippen molar-refractivity contribution in [2.24, 2.45) is 0 Å². The molecular formula is C25H28N2O6S2. The second-order valence-electron chi connectivity index (χ2n) is 8.26. The van der Waals surface area contributed by atoms with Gasteiger partial charge in [-0.3, -0.25) is 10.0 Å². The summed E-state index contributed by atoms with van der Waals surface area (Å²) in [6, 6.07) is 14.6. The molecular weight excluding hydrogens is 488 g/mol. The molecule has 8 nitrogen and oxygen atoms in total. The molecule has 4 rings (SSSR count). The van der Waals surface area contributed by atoms with E-state index in [0.717, 1.165) is 21.8 Å². The molecule has 2 unspecified atom stereocenters. The van der Waals surface area contributed by atoms with E-state index in [1.165, 1.54) is 23.5 Å². The maximum absolute atomic E-state index is 13.8. The Balaban J connectivity index is 1.73. The minimum atomic E-state index is -4.05. The fourth-order valence-electron chi connectivity index (χ4n) is 4.60. The Morgan fingerprint density at radius 2 is 1.86 bits per heavy atom. The van der Waals surface area contributed by atoms with Gasteiger partial charge in [-0.1, -0.05) is 12.1 Å². The highest BCUT2D eigenvalue weighted by atomic mass is 32.2. The number of thiophene rings is 1. The van der Waals surface area contributed by atoms with E-state index in [-0.39, 0.29) is 11.4 Å². The van der Waals surface area contributed by atoms with Crippen LogP contribution in [-0.2, 0) is 27.7 Å². The van der Waals surface area contributed by atoms with Gasteiger partial charge < -0.3 is 9.47 Å². The van der Waals surface area contributed by atoms with Gasteiger partial charge in [0.2, 0.25) is 10.0 Å². The average molecular weight is 517 g/mol. The number of benzene rings is 2. The summed E-state index contributed by atoms with van der Waals surface area (Å²) >= 11 is 1.55. The van der Waals surface area contributed by atoms with Gasteiger partial charge in [-0.05, 0) is 78.2 Å². The number of carbonyl (C=O) groups is 1. The highest BCUT2D eigenvalue weighted by Gasteiger charge is 2.44. The van der Waals surface area contributed by atoms with E-state index < -0.39 is 27.9 Å². The minimum absolute atomic E-state index is 0.0610. The van der Waals surface area contributed by atoms with Crippen LogP contribution in [0, 0.1) is 0 Å². The van der Waals surface area contributed by atoms with Gasteiger partial charge in [0.05, 0.1) is 19.1 Å². The Labute approximate surface area is 209 Å². The molecule has 10 heteroatoms. The topological polar surface area (TPSA) is 105 Å². The first kappa shape index (κ1) is 25.2. The molecule has 1 aliphatic heterocycles. The number of carbonyl (C=O) groups excluding carboxylic acids is 1. The van der Waals surface area contributed by atoms with Crippen molar-refractivity contribution in [1.29, 1.82) is 0 Å². The molecule has 2 N–H and O–H groups in total. The summed E-state index contributed by atoms with van der Waals surface area (Å²) in [5, 5.41) is 11.6. The lowest BCUT2D eigenvalue weighted by Crippen LogP contribution is -2.51. The monoisotopic (exact) mass is 516 g/mol. The number of amides is 1. The first-order valence-corrected chi connectivity index (χ1v) is 13.5. The highest BCUT2D eigenvalue weighted by Crippen LogP contribution is 2.39. The van der Waals surface area contributed by atoms with Crippen molar-refractivity contribution in [3.63, 3.8) is 0 Å². The molecule has 1 aromatic heterocycles. The molecule has 2 atom stereocenters. The smallest absolute Gasteiger partial charge is 0.262 e. The molecule has 186 valence electrons. The van der Waals surface area contributed by atoms with Gasteiger partial charge in [0.15, 0.2) is 0 Å². The summed E-state index contributed by atoms with van der Waals surface area (Å²) in [7, 11) is -0.938. The van der Waals surface area contributed by atoms with Crippen molar-refractivity contribution in [3.8, 4) is 11.5 Å². The molecule has 0 bridgehead atoms. The van der Waals surface area contributed by atoms with E-state index in [4.69, 9.17) is 9.47 Å². The summed E-state index contributed by atoms with van der Waals surface area (Å²) in [6.07, 6.45) is 1.58. The van der Waals surface area contributed by atoms with Crippen molar-refractivity contribution in [2.75, 3.05) is 20.8 Å². The number of hydrogen-bond donors (Lipinski definition) is 2. The number of methoxy groups -OCH3 is 2. The number of ether oxygens (including phenoxy) is 2. The van der Waals surface area contributed by atoms with Crippen LogP contribution in [0.1, 0.15) is 28.3 Å². The molecule has 2 aromatic carbocycles. The van der Waals surface area contributed by atoms with Crippen LogP contribution in [0.3, 0.4) is 0 Å². The van der Waals surface area contributed by atoms with Crippen LogP contribution in [0.2, 0.25) is 0 Å². The molecule has 0 aliphatic carbocycles. The van der Waals surface area contributed by atoms with E-state index in [0.29, 0.717) is 25.0 Å². The van der Waals surface area contributed by atoms with Gasteiger partial charge in [-0.25, -0.2) is 13.9 Å². The maximum atomic E-state index is 13.8. The van der Waals surface area contributed by atoms with Crippen molar-refractivity contribution < 1.29 is 27.9 Å². The van der Waals surface area contributed by atoms with Crippen LogP contribution in [0.4, 0.5) is 0 Å². The van der Waals surface area contributed by atoms with Crippen molar-refractivity contribution in [1.82, 2.24) is 9.79 Å². The molecule has 35 heavy (non-hydrogen) atoms. The molecule has 1 aliphatic rings. The zero-order valence-electron chi connectivity index (χ0n) is 19.5. The predicted octanol–water partition coefficient (Wildman–Crippen LogP) is 3.60. The molecule has 0 fully saturated rings. The fraction of sp³-hybridized carbons (Fsp3) is 0.320. The Morgan fingerprint density at radius 3 is 2.54 bits per heavy atom. The number of nitrogens with zero attached hydrogens (tertiary/aromatic N) is 1. The second-order valence-corrected chi connectivity index (χ2v) is 11.1. The average Bonchev–Trinajstić information content (AvgIpc) is 3.29. The third-order valence-electron chi connectivity index (χ3n) is 6.35. The van der Waals surface area contributed by atoms with Crippen molar-refractivity contribution >= 4 is 27.3 Å². The number of aryl methyl sites for hydroxylation is 1. The lowest BCUT2D eigenvalue weighted by Gasteiger charge is -2.33. The number of hydrogen-bond acceptors (Lipinski definition) is 7. The Kier molecular flexibility index (Phi) is 7.75. The third kappa shape index (κ3) is 5.20. The maximum Gasteiger partial charge on any atom is 0.262 e. The zero-order valence-corrected chi connectivity index (χ0v) is 21.1. The summed E-state index contributed by atoms with van der Waals surface area (Å²) in [5.74, 6) is 0.0534. The molecule has 0 spiro atoms. The minimum Gasteiger partial charge on any atom is -0.497 e. The summed E-state index contributed by atoms with van der Waals surface area (Å²) in [4.78, 5) is 14.2. The van der Waals surface area contributed by atoms with Gasteiger partial charge >= 0.3 is 0 Å². The molecule has 0 saturated carbocycles. The largest absolute Gasteiger partial charge is 0.497 e. The number of nitrogens with one attached hydrogen (secondary N) is 1. The van der Waals surface area contributed by atoms with Crippen molar-refractivity contribution in [3.05, 3.63) is 76.0 Å². The number of rotatable bonds is 8. The third-order valence-corrected chi connectivity index (χ3v) is 9.24. The Bertz CT molecular complexity index is 1270. The molecule has 3 aromatic rings. The molecule has 0 saturated heterocycles. The summed E-state index contributed by atoms with van der Waals surface area (Å²) in [5.41, 5.74) is 3.68. The van der Waals surface area contributed by atoms with Gasteiger partial charge in [-0.15, -0.1) is 11.3 Å². The summed E-state index contributed by atoms with van der Waals surface area (Å²) < 4.78 is 39.2. The van der Waals surface area contributed by atoms with Crippen LogP contribution in [0.5, 0.6) is 11.5 Å². The van der Waals surface area contributed by atoms with Crippen LogP contribution >= 0.6 is 11.3 Å². The van der Waals surface area contributed by atoms with E-state index in [9.17, 15) is 18.4 Å². The van der Waals surface area contributed by atoms with Gasteiger partial charge in [0.25, 0.3) is 5.91 Å². The standard InChI is InChI=1S/C25H28N2O6S2/c1-32-18-7-9-20(10-8-18)35(30,31)27-14-12-23-21(13-15-34-23)22(24(27)25(28)26-29)11-6-17-4-3-5-19(16-17)33-2/h3-5,7-10,13,15-16,22,24,29H,6,11-12,14H2,1-2H3,(H,26,28). The van der Waals surface area contributed by atoms with Crippen LogP contribution in [0.25, 0.3) is 0 Å². The first-order valence-electron chi connectivity index (χ1n) is 11.2. The van der Waals surface area contributed by atoms with Crippen LogP contribution in [0.15, 0.2) is 64.9 Å². The van der Waals surface area contributed by atoms with Crippen LogP contribution in [-0.4, -0.2) is 50.6 Å². The SMILES string of the molecule is COc1ccc(S(=O)(=O)N2CCc3sccc3C(CCc3cccc(OC)c3)C2C(=O)NO)cc1. The van der Waals surface area contributed by atoms with Gasteiger partial charge in [0.1, 0.15) is 17.5 Å². The number of sulfonamides is 1. The normalized spacial score (nSPS) is 18.4. The Hall–Kier alpha value is -2.92.